The molecular formula is C22H22BrNO3. The number of nitrogens with zero attached hydrogens (tertiary/aromatic N) is 1. The van der Waals surface area contributed by atoms with Crippen LogP contribution in [-0.4, -0.2) is 24.0 Å². The zero-order valence-electron chi connectivity index (χ0n) is 15.7. The number of carbonyl (C=O) groups is 1. The van der Waals surface area contributed by atoms with Gasteiger partial charge in [0.1, 0.15) is 18.2 Å². The zero-order valence-corrected chi connectivity index (χ0v) is 17.3. The number of Topliss-reactive ketones (excluding diaryl/α,β-unsaturated/α-hetero) is 1. The number of hydrogen-bond donors (Lipinski definition) is 0. The summed E-state index contributed by atoms with van der Waals surface area (Å²) < 4.78 is 12.9. The average Bonchev–Trinajstić information content (AvgIpc) is 2.91. The largest absolute Gasteiger partial charge is 0.477 e. The van der Waals surface area contributed by atoms with E-state index in [1.165, 1.54) is 0 Å². The Bertz CT molecular complexity index is 949. The second-order valence-electron chi connectivity index (χ2n) is 7.54. The molecule has 0 N–H and O–H groups in total. The Hall–Kier alpha value is -2.11. The number of ether oxygens (including phenoxy) is 2. The predicted octanol–water partition coefficient (Wildman–Crippen LogP) is 5.18. The van der Waals surface area contributed by atoms with Gasteiger partial charge in [-0.2, -0.15) is 0 Å². The van der Waals surface area contributed by atoms with Crippen molar-refractivity contribution in [1.29, 1.82) is 0 Å². The van der Waals surface area contributed by atoms with Gasteiger partial charge in [0.25, 0.3) is 0 Å². The fraction of sp³-hybridized carbons (Fsp3) is 0.318. The first-order valence-corrected chi connectivity index (χ1v) is 9.93. The summed E-state index contributed by atoms with van der Waals surface area (Å²) in [5.41, 5.74) is 3.50. The van der Waals surface area contributed by atoms with Crippen molar-refractivity contribution < 1.29 is 14.3 Å². The molecule has 0 aliphatic carbocycles. The number of halogens is 1. The number of carbonyl (C=O) groups excluding carboxylic acids is 1. The van der Waals surface area contributed by atoms with Gasteiger partial charge in [0.15, 0.2) is 5.76 Å². The maximum atomic E-state index is 12.9. The van der Waals surface area contributed by atoms with E-state index in [1.54, 1.807) is 6.08 Å². The Morgan fingerprint density at radius 2 is 2.07 bits per heavy atom. The van der Waals surface area contributed by atoms with Crippen molar-refractivity contribution in [3.63, 3.8) is 0 Å². The molecule has 0 saturated carbocycles. The number of hydrogen-bond acceptors (Lipinski definition) is 4. The van der Waals surface area contributed by atoms with Crippen LogP contribution in [0.1, 0.15) is 40.9 Å². The summed E-state index contributed by atoms with van der Waals surface area (Å²) >= 11 is 3.46. The van der Waals surface area contributed by atoms with E-state index in [4.69, 9.17) is 9.47 Å². The van der Waals surface area contributed by atoms with E-state index in [2.05, 4.69) is 34.7 Å². The molecule has 0 atom stereocenters. The van der Waals surface area contributed by atoms with E-state index in [0.717, 1.165) is 40.0 Å². The Morgan fingerprint density at radius 1 is 1.26 bits per heavy atom. The summed E-state index contributed by atoms with van der Waals surface area (Å²) in [5.74, 6) is 2.32. The van der Waals surface area contributed by atoms with E-state index >= 15 is 0 Å². The molecule has 27 heavy (non-hydrogen) atoms. The Kier molecular flexibility index (Phi) is 4.82. The highest BCUT2D eigenvalue weighted by Gasteiger charge is 2.33. The Balaban J connectivity index is 1.67. The lowest BCUT2D eigenvalue weighted by atomic mass is 9.99. The number of rotatable bonds is 3. The van der Waals surface area contributed by atoms with Crippen LogP contribution < -0.4 is 9.47 Å². The van der Waals surface area contributed by atoms with E-state index in [9.17, 15) is 4.79 Å². The fourth-order valence-corrected chi connectivity index (χ4v) is 4.09. The monoisotopic (exact) mass is 427 g/mol. The maximum Gasteiger partial charge on any atom is 0.231 e. The van der Waals surface area contributed by atoms with E-state index in [-0.39, 0.29) is 5.78 Å². The minimum Gasteiger partial charge on any atom is -0.477 e. The van der Waals surface area contributed by atoms with Gasteiger partial charge in [0, 0.05) is 28.7 Å². The molecule has 2 aliphatic rings. The molecule has 0 saturated heterocycles. The third-order valence-corrected chi connectivity index (χ3v) is 5.26. The maximum absolute atomic E-state index is 12.9. The number of allylic oxidation sites excluding steroid dienone is 1. The number of benzene rings is 2. The van der Waals surface area contributed by atoms with Crippen LogP contribution in [0.3, 0.4) is 0 Å². The highest BCUT2D eigenvalue weighted by atomic mass is 79.9. The van der Waals surface area contributed by atoms with Crippen LogP contribution in [0.2, 0.25) is 0 Å². The van der Waals surface area contributed by atoms with Crippen molar-refractivity contribution in [1.82, 2.24) is 4.90 Å². The van der Waals surface area contributed by atoms with Crippen molar-refractivity contribution in [3.8, 4) is 11.5 Å². The molecule has 4 nitrogen and oxygen atoms in total. The lowest BCUT2D eigenvalue weighted by Gasteiger charge is -2.31. The molecule has 5 heteroatoms. The van der Waals surface area contributed by atoms with Gasteiger partial charge in [-0.05, 0) is 42.7 Å². The van der Waals surface area contributed by atoms with Gasteiger partial charge in [0.2, 0.25) is 5.78 Å². The summed E-state index contributed by atoms with van der Waals surface area (Å²) in [6.45, 7) is 8.68. The molecule has 0 amide bonds. The molecule has 0 spiro atoms. The third-order valence-electron chi connectivity index (χ3n) is 4.77. The first-order valence-electron chi connectivity index (χ1n) is 9.14. The number of fused-ring (bicyclic) bond motifs is 2. The molecule has 2 heterocycles. The van der Waals surface area contributed by atoms with Crippen LogP contribution in [0.4, 0.5) is 0 Å². The van der Waals surface area contributed by atoms with Crippen molar-refractivity contribution in [2.24, 2.45) is 5.92 Å². The first kappa shape index (κ1) is 18.3. The van der Waals surface area contributed by atoms with Gasteiger partial charge >= 0.3 is 0 Å². The van der Waals surface area contributed by atoms with E-state index < -0.39 is 0 Å². The molecule has 4 rings (SSSR count). The molecule has 2 aromatic rings. The average molecular weight is 428 g/mol. The molecule has 0 radical (unpaired) electrons. The topological polar surface area (TPSA) is 38.8 Å². The van der Waals surface area contributed by atoms with Gasteiger partial charge in [0.05, 0.1) is 5.56 Å². The van der Waals surface area contributed by atoms with Gasteiger partial charge in [-0.1, -0.05) is 41.9 Å². The summed E-state index contributed by atoms with van der Waals surface area (Å²) in [6, 6.07) is 9.73. The highest BCUT2D eigenvalue weighted by molar-refractivity contribution is 9.10. The van der Waals surface area contributed by atoms with Crippen LogP contribution in [0.5, 0.6) is 11.5 Å². The zero-order chi connectivity index (χ0) is 19.1. The van der Waals surface area contributed by atoms with Gasteiger partial charge in [-0.3, -0.25) is 9.69 Å². The molecular weight excluding hydrogens is 406 g/mol. The van der Waals surface area contributed by atoms with Crippen molar-refractivity contribution in [2.75, 3.05) is 13.3 Å². The lowest BCUT2D eigenvalue weighted by molar-refractivity contribution is 0.0835. The predicted molar refractivity (Wildman–Crippen MR) is 109 cm³/mol. The molecule has 2 aliphatic heterocycles. The molecule has 0 bridgehead atoms. The van der Waals surface area contributed by atoms with Crippen LogP contribution >= 0.6 is 15.9 Å². The van der Waals surface area contributed by atoms with Crippen LogP contribution in [0, 0.1) is 12.8 Å². The summed E-state index contributed by atoms with van der Waals surface area (Å²) in [4.78, 5) is 15.2. The molecule has 0 aromatic heterocycles. The SMILES string of the molecule is Cc1c2c(cc3c1O/C(=C\c1cccc(Br)c1)C3=O)CN(CC(C)C)CO2. The Labute approximate surface area is 167 Å². The fourth-order valence-electron chi connectivity index (χ4n) is 3.68. The highest BCUT2D eigenvalue weighted by Crippen LogP contribution is 2.43. The quantitative estimate of drug-likeness (QED) is 0.632. The number of ketones is 1. The van der Waals surface area contributed by atoms with Crippen LogP contribution in [0.15, 0.2) is 40.6 Å². The molecule has 0 fully saturated rings. The second kappa shape index (κ2) is 7.13. The van der Waals surface area contributed by atoms with Crippen molar-refractivity contribution in [2.45, 2.75) is 27.3 Å². The lowest BCUT2D eigenvalue weighted by Crippen LogP contribution is -2.35. The van der Waals surface area contributed by atoms with Gasteiger partial charge < -0.3 is 9.47 Å². The van der Waals surface area contributed by atoms with E-state index in [0.29, 0.717) is 29.7 Å². The second-order valence-corrected chi connectivity index (χ2v) is 8.46. The van der Waals surface area contributed by atoms with Crippen molar-refractivity contribution >= 4 is 27.8 Å². The minimum absolute atomic E-state index is 0.0724. The van der Waals surface area contributed by atoms with Crippen molar-refractivity contribution in [3.05, 3.63) is 62.8 Å². The summed E-state index contributed by atoms with van der Waals surface area (Å²) in [7, 11) is 0. The van der Waals surface area contributed by atoms with Crippen LogP contribution in [0.25, 0.3) is 6.08 Å². The minimum atomic E-state index is -0.0724. The standard InChI is InChI=1S/C22H22BrNO3/c1-13(2)10-24-11-16-9-18-20(25)19(8-15-5-4-6-17(23)7-15)27-22(18)14(3)21(16)26-12-24/h4-9,13H,10-12H2,1-3H3/b19-8-. The molecule has 140 valence electrons. The summed E-state index contributed by atoms with van der Waals surface area (Å²) in [6.07, 6.45) is 1.79. The van der Waals surface area contributed by atoms with Crippen LogP contribution in [-0.2, 0) is 6.54 Å². The Morgan fingerprint density at radius 3 is 2.81 bits per heavy atom. The van der Waals surface area contributed by atoms with Gasteiger partial charge in [-0.25, -0.2) is 0 Å². The molecule has 0 unspecified atom stereocenters. The first-order chi connectivity index (χ1) is 12.9. The smallest absolute Gasteiger partial charge is 0.231 e. The van der Waals surface area contributed by atoms with E-state index in [1.807, 2.05) is 37.3 Å². The van der Waals surface area contributed by atoms with Gasteiger partial charge in [-0.15, -0.1) is 0 Å². The normalized spacial score (nSPS) is 17.7. The molecule has 2 aromatic carbocycles. The third kappa shape index (κ3) is 3.54. The summed E-state index contributed by atoms with van der Waals surface area (Å²) in [5, 5.41) is 0.